The molecule has 5 rings (SSSR count). The summed E-state index contributed by atoms with van der Waals surface area (Å²) >= 11 is 6.15. The highest BCUT2D eigenvalue weighted by Crippen LogP contribution is 2.40. The molecule has 2 aromatic rings. The van der Waals surface area contributed by atoms with Crippen molar-refractivity contribution < 1.29 is 14.3 Å². The normalized spacial score (nSPS) is 21.4. The highest BCUT2D eigenvalue weighted by atomic mass is 127. The Morgan fingerprint density at radius 3 is 2.37 bits per heavy atom. The molecule has 0 atom stereocenters. The Morgan fingerprint density at radius 2 is 1.68 bits per heavy atom. The van der Waals surface area contributed by atoms with Crippen LogP contribution in [0.5, 0.6) is 11.5 Å². The van der Waals surface area contributed by atoms with E-state index in [9.17, 15) is 4.79 Å². The molecule has 1 amide bonds. The van der Waals surface area contributed by atoms with Crippen LogP contribution in [0.2, 0.25) is 0 Å². The Balaban J connectivity index is 1.39. The van der Waals surface area contributed by atoms with E-state index in [2.05, 4.69) is 75.5 Å². The SMILES string of the molecule is COc1cc(C=C2SC(=NC3CCCCC3)N(C3CCCCC3)C2=O)cc(I)c1OCc1ccc(I)cc1. The Hall–Kier alpha value is -1.27. The standard InChI is InChI=1S/C30H34I2N2O3S/c1-36-26-17-21(16-25(32)28(26)37-19-20-12-14-22(31)15-13-20)18-27-29(35)34(24-10-6-3-7-11-24)30(38-27)33-23-8-4-2-5-9-23/h12-18,23-24H,2-11,19H2,1H3. The first-order valence-corrected chi connectivity index (χ1v) is 16.5. The van der Waals surface area contributed by atoms with E-state index < -0.39 is 0 Å². The monoisotopic (exact) mass is 756 g/mol. The average Bonchev–Trinajstić information content (AvgIpc) is 3.23. The smallest absolute Gasteiger partial charge is 0.266 e. The maximum atomic E-state index is 13.7. The van der Waals surface area contributed by atoms with Crippen molar-refractivity contribution in [2.24, 2.45) is 4.99 Å². The van der Waals surface area contributed by atoms with Crippen molar-refractivity contribution in [2.75, 3.05) is 7.11 Å². The third-order valence-corrected chi connectivity index (χ3v) is 10.0. The van der Waals surface area contributed by atoms with Crippen LogP contribution in [0.3, 0.4) is 0 Å². The van der Waals surface area contributed by atoms with E-state index in [1.165, 1.54) is 42.1 Å². The minimum atomic E-state index is 0.101. The Morgan fingerprint density at radius 1 is 1.00 bits per heavy atom. The first-order chi connectivity index (χ1) is 18.5. The lowest BCUT2D eigenvalue weighted by atomic mass is 9.94. The molecule has 3 fully saturated rings. The molecule has 8 heteroatoms. The molecule has 1 aliphatic heterocycles. The number of methoxy groups -OCH3 is 1. The lowest BCUT2D eigenvalue weighted by Crippen LogP contribution is -2.41. The van der Waals surface area contributed by atoms with E-state index in [1.807, 2.05) is 17.0 Å². The van der Waals surface area contributed by atoms with Gasteiger partial charge in [-0.1, -0.05) is 50.7 Å². The largest absolute Gasteiger partial charge is 0.493 e. The fourth-order valence-electron chi connectivity index (χ4n) is 5.45. The lowest BCUT2D eigenvalue weighted by Gasteiger charge is -2.31. The van der Waals surface area contributed by atoms with Crippen LogP contribution in [0, 0.1) is 7.14 Å². The second kappa shape index (κ2) is 13.4. The molecule has 0 N–H and O–H groups in total. The maximum Gasteiger partial charge on any atom is 0.266 e. The number of hydrogen-bond donors (Lipinski definition) is 0. The number of halogens is 2. The van der Waals surface area contributed by atoms with Gasteiger partial charge in [0.15, 0.2) is 16.7 Å². The van der Waals surface area contributed by atoms with Crippen LogP contribution in [0.1, 0.15) is 75.3 Å². The van der Waals surface area contributed by atoms with Gasteiger partial charge in [0.25, 0.3) is 5.91 Å². The number of benzene rings is 2. The van der Waals surface area contributed by atoms with Gasteiger partial charge in [0.1, 0.15) is 6.61 Å². The Bertz CT molecular complexity index is 1200. The number of aliphatic imine (C=N–C) groups is 1. The van der Waals surface area contributed by atoms with Crippen LogP contribution in [-0.2, 0) is 11.4 Å². The number of nitrogens with zero attached hydrogens (tertiary/aromatic N) is 2. The minimum absolute atomic E-state index is 0.101. The molecule has 1 saturated heterocycles. The van der Waals surface area contributed by atoms with Gasteiger partial charge in [-0.05, 0) is 124 Å². The number of rotatable bonds is 7. The second-order valence-electron chi connectivity index (χ2n) is 10.2. The van der Waals surface area contributed by atoms with Crippen molar-refractivity contribution in [3.8, 4) is 11.5 Å². The summed E-state index contributed by atoms with van der Waals surface area (Å²) < 4.78 is 14.0. The highest BCUT2D eigenvalue weighted by molar-refractivity contribution is 14.1. The van der Waals surface area contributed by atoms with E-state index in [-0.39, 0.29) is 11.9 Å². The van der Waals surface area contributed by atoms with Crippen LogP contribution in [0.15, 0.2) is 46.3 Å². The topological polar surface area (TPSA) is 51.1 Å². The molecule has 2 aliphatic carbocycles. The zero-order valence-corrected chi connectivity index (χ0v) is 26.9. The Labute approximate surface area is 257 Å². The van der Waals surface area contributed by atoms with Gasteiger partial charge in [-0.25, -0.2) is 0 Å². The predicted octanol–water partition coefficient (Wildman–Crippen LogP) is 8.42. The number of amidine groups is 1. The van der Waals surface area contributed by atoms with Gasteiger partial charge >= 0.3 is 0 Å². The van der Waals surface area contributed by atoms with Crippen molar-refractivity contribution in [1.82, 2.24) is 4.90 Å². The van der Waals surface area contributed by atoms with Crippen molar-refractivity contribution >= 4 is 74.1 Å². The van der Waals surface area contributed by atoms with Crippen LogP contribution in [-0.4, -0.2) is 35.2 Å². The quantitative estimate of drug-likeness (QED) is 0.211. The summed E-state index contributed by atoms with van der Waals surface area (Å²) in [5.74, 6) is 1.50. The molecule has 3 aliphatic rings. The fraction of sp³-hybridized carbons (Fsp3) is 0.467. The van der Waals surface area contributed by atoms with Gasteiger partial charge in [0.05, 0.1) is 21.6 Å². The number of hydrogen-bond acceptors (Lipinski definition) is 5. The van der Waals surface area contributed by atoms with E-state index in [0.29, 0.717) is 18.4 Å². The van der Waals surface area contributed by atoms with E-state index in [4.69, 9.17) is 14.5 Å². The third-order valence-electron chi connectivity index (χ3n) is 7.49. The number of thioether (sulfide) groups is 1. The molecule has 38 heavy (non-hydrogen) atoms. The average molecular weight is 756 g/mol. The zero-order valence-electron chi connectivity index (χ0n) is 21.8. The van der Waals surface area contributed by atoms with Crippen molar-refractivity contribution in [3.05, 3.63) is 59.6 Å². The summed E-state index contributed by atoms with van der Waals surface area (Å²) in [7, 11) is 1.66. The van der Waals surface area contributed by atoms with Gasteiger partial charge in [-0.3, -0.25) is 14.7 Å². The molecule has 2 saturated carbocycles. The van der Waals surface area contributed by atoms with Crippen LogP contribution < -0.4 is 9.47 Å². The van der Waals surface area contributed by atoms with Crippen LogP contribution in [0.25, 0.3) is 6.08 Å². The molecule has 1 heterocycles. The summed E-state index contributed by atoms with van der Waals surface area (Å²) in [5, 5.41) is 0.916. The predicted molar refractivity (Wildman–Crippen MR) is 173 cm³/mol. The molecule has 2 aromatic carbocycles. The summed E-state index contributed by atoms with van der Waals surface area (Å²) in [6, 6.07) is 13.0. The molecule has 0 bridgehead atoms. The fourth-order valence-corrected chi connectivity index (χ4v) is 7.70. The molecule has 202 valence electrons. The number of amides is 1. The molecule has 0 aromatic heterocycles. The second-order valence-corrected chi connectivity index (χ2v) is 13.6. The van der Waals surface area contributed by atoms with Crippen molar-refractivity contribution in [1.29, 1.82) is 0 Å². The number of ether oxygens (including phenoxy) is 2. The van der Waals surface area contributed by atoms with E-state index in [0.717, 1.165) is 56.2 Å². The van der Waals surface area contributed by atoms with Crippen molar-refractivity contribution in [2.45, 2.75) is 82.9 Å². The molecular weight excluding hydrogens is 722 g/mol. The van der Waals surface area contributed by atoms with Gasteiger partial charge in [-0.15, -0.1) is 0 Å². The van der Waals surface area contributed by atoms with Crippen LogP contribution >= 0.6 is 56.9 Å². The summed E-state index contributed by atoms with van der Waals surface area (Å²) in [4.78, 5) is 21.7. The summed E-state index contributed by atoms with van der Waals surface area (Å²) in [6.07, 6.45) is 13.8. The Kier molecular flexibility index (Phi) is 9.96. The van der Waals surface area contributed by atoms with E-state index in [1.54, 1.807) is 18.9 Å². The zero-order chi connectivity index (χ0) is 26.5. The lowest BCUT2D eigenvalue weighted by molar-refractivity contribution is -0.124. The molecule has 0 unspecified atom stereocenters. The van der Waals surface area contributed by atoms with Crippen LogP contribution in [0.4, 0.5) is 0 Å². The first kappa shape index (κ1) is 28.3. The molecule has 5 nitrogen and oxygen atoms in total. The third kappa shape index (κ3) is 6.89. The first-order valence-electron chi connectivity index (χ1n) is 13.6. The van der Waals surface area contributed by atoms with Gasteiger partial charge in [0.2, 0.25) is 0 Å². The maximum absolute atomic E-state index is 13.7. The van der Waals surface area contributed by atoms with Gasteiger partial charge < -0.3 is 9.47 Å². The minimum Gasteiger partial charge on any atom is -0.493 e. The summed E-state index contributed by atoms with van der Waals surface area (Å²) in [6.45, 7) is 0.468. The highest BCUT2D eigenvalue weighted by Gasteiger charge is 2.39. The number of carbonyl (C=O) groups is 1. The van der Waals surface area contributed by atoms with Gasteiger partial charge in [-0.2, -0.15) is 0 Å². The van der Waals surface area contributed by atoms with Gasteiger partial charge in [0, 0.05) is 9.61 Å². The molecule has 0 radical (unpaired) electrons. The number of carbonyl (C=O) groups excluding carboxylic acids is 1. The van der Waals surface area contributed by atoms with Crippen molar-refractivity contribution in [3.63, 3.8) is 0 Å². The van der Waals surface area contributed by atoms with E-state index >= 15 is 0 Å². The summed E-state index contributed by atoms with van der Waals surface area (Å²) in [5.41, 5.74) is 2.04. The molecular formula is C30H34I2N2O3S. The molecule has 0 spiro atoms.